The molecule has 7 heteroatoms. The number of nitrogens with two attached hydrogens (primary N) is 1. The number of pyridine rings is 2. The van der Waals surface area contributed by atoms with Gasteiger partial charge in [0.15, 0.2) is 5.52 Å². The van der Waals surface area contributed by atoms with Gasteiger partial charge in [-0.15, -0.1) is 0 Å². The normalized spacial score (nSPS) is 10.5. The fraction of sp³-hybridized carbons (Fsp3) is 0. The number of hydrogen-bond acceptors (Lipinski definition) is 6. The second kappa shape index (κ2) is 5.04. The van der Waals surface area contributed by atoms with Crippen molar-refractivity contribution in [2.75, 3.05) is 5.73 Å². The lowest BCUT2D eigenvalue weighted by atomic mass is 10.1. The average molecular weight is 282 g/mol. The maximum atomic E-state index is 11.0. The van der Waals surface area contributed by atoms with Crippen molar-refractivity contribution in [3.05, 3.63) is 58.9 Å². The molecule has 3 rings (SSSR count). The summed E-state index contributed by atoms with van der Waals surface area (Å²) in [6, 6.07) is 9.55. The van der Waals surface area contributed by atoms with E-state index in [0.29, 0.717) is 22.7 Å². The van der Waals surface area contributed by atoms with Crippen molar-refractivity contribution in [2.24, 2.45) is 0 Å². The van der Waals surface area contributed by atoms with Crippen LogP contribution in [0, 0.1) is 10.1 Å². The van der Waals surface area contributed by atoms with Gasteiger partial charge in [0, 0.05) is 29.9 Å². The Balaban J connectivity index is 2.12. The Labute approximate surface area is 119 Å². The Bertz CT molecular complexity index is 835. The van der Waals surface area contributed by atoms with Gasteiger partial charge in [-0.2, -0.15) is 0 Å². The fourth-order valence-electron chi connectivity index (χ4n) is 1.99. The van der Waals surface area contributed by atoms with E-state index >= 15 is 0 Å². The molecule has 0 bridgehead atoms. The first-order valence-corrected chi connectivity index (χ1v) is 6.06. The number of nitro benzene ring substituents is 1. The number of nitrogens with zero attached hydrogens (tertiary/aromatic N) is 3. The quantitative estimate of drug-likeness (QED) is 0.585. The Morgan fingerprint density at radius 3 is 2.76 bits per heavy atom. The number of nitrogen functional groups attached to an aromatic ring is 1. The lowest BCUT2D eigenvalue weighted by Gasteiger charge is -2.09. The number of anilines is 1. The van der Waals surface area contributed by atoms with Gasteiger partial charge in [0.1, 0.15) is 17.3 Å². The van der Waals surface area contributed by atoms with Crippen molar-refractivity contribution < 1.29 is 9.66 Å². The first-order valence-electron chi connectivity index (χ1n) is 6.06. The molecule has 1 aromatic carbocycles. The zero-order valence-corrected chi connectivity index (χ0v) is 10.8. The van der Waals surface area contributed by atoms with Crippen LogP contribution in [-0.2, 0) is 0 Å². The third-order valence-corrected chi connectivity index (χ3v) is 2.89. The molecule has 2 aromatic heterocycles. The number of fused-ring (bicyclic) bond motifs is 1. The van der Waals surface area contributed by atoms with E-state index in [0.717, 1.165) is 0 Å². The van der Waals surface area contributed by atoms with E-state index in [1.807, 2.05) is 0 Å². The first kappa shape index (κ1) is 12.8. The van der Waals surface area contributed by atoms with Crippen LogP contribution < -0.4 is 10.5 Å². The molecule has 0 radical (unpaired) electrons. The van der Waals surface area contributed by atoms with Crippen molar-refractivity contribution in [1.29, 1.82) is 0 Å². The predicted octanol–water partition coefficient (Wildman–Crippen LogP) is 2.91. The van der Waals surface area contributed by atoms with E-state index in [-0.39, 0.29) is 11.2 Å². The molecule has 7 nitrogen and oxygen atoms in total. The van der Waals surface area contributed by atoms with E-state index in [2.05, 4.69) is 9.97 Å². The van der Waals surface area contributed by atoms with Crippen LogP contribution in [-0.4, -0.2) is 14.9 Å². The molecule has 0 unspecified atom stereocenters. The van der Waals surface area contributed by atoms with Crippen molar-refractivity contribution in [3.63, 3.8) is 0 Å². The maximum absolute atomic E-state index is 11.0. The maximum Gasteiger partial charge on any atom is 0.295 e. The number of ether oxygens (including phenoxy) is 1. The number of non-ortho nitro benzene ring substituents is 1. The average Bonchev–Trinajstić information content (AvgIpc) is 2.47. The summed E-state index contributed by atoms with van der Waals surface area (Å²) < 4.78 is 5.72. The topological polar surface area (TPSA) is 104 Å². The molecule has 2 N–H and O–H groups in total. The summed E-state index contributed by atoms with van der Waals surface area (Å²) in [5.74, 6) is 1.30. The Morgan fingerprint density at radius 1 is 1.14 bits per heavy atom. The number of nitro groups is 1. The second-order valence-electron chi connectivity index (χ2n) is 4.26. The van der Waals surface area contributed by atoms with Gasteiger partial charge in [0.2, 0.25) is 0 Å². The molecule has 0 fully saturated rings. The minimum atomic E-state index is -0.469. The van der Waals surface area contributed by atoms with Gasteiger partial charge in [0.05, 0.1) is 4.92 Å². The molecule has 0 aliphatic rings. The van der Waals surface area contributed by atoms with Gasteiger partial charge in [0.25, 0.3) is 5.69 Å². The molecule has 21 heavy (non-hydrogen) atoms. The zero-order chi connectivity index (χ0) is 14.8. The van der Waals surface area contributed by atoms with E-state index in [1.165, 1.54) is 18.5 Å². The van der Waals surface area contributed by atoms with Gasteiger partial charge in [-0.1, -0.05) is 0 Å². The van der Waals surface area contributed by atoms with Crippen molar-refractivity contribution >= 4 is 22.4 Å². The van der Waals surface area contributed by atoms with Crippen molar-refractivity contribution in [1.82, 2.24) is 9.97 Å². The molecular formula is C14H10N4O3. The van der Waals surface area contributed by atoms with Crippen LogP contribution in [0.3, 0.4) is 0 Å². The van der Waals surface area contributed by atoms with E-state index in [4.69, 9.17) is 10.5 Å². The van der Waals surface area contributed by atoms with Crippen LogP contribution >= 0.6 is 0 Å². The zero-order valence-electron chi connectivity index (χ0n) is 10.8. The number of rotatable bonds is 3. The molecule has 3 aromatic rings. The lowest BCUT2D eigenvalue weighted by Crippen LogP contribution is -1.94. The molecule has 0 amide bonds. The van der Waals surface area contributed by atoms with Gasteiger partial charge >= 0.3 is 0 Å². The van der Waals surface area contributed by atoms with Gasteiger partial charge < -0.3 is 10.5 Å². The summed E-state index contributed by atoms with van der Waals surface area (Å²) >= 11 is 0. The summed E-state index contributed by atoms with van der Waals surface area (Å²) in [5, 5.41) is 11.6. The van der Waals surface area contributed by atoms with Crippen LogP contribution in [0.15, 0.2) is 48.8 Å². The molecule has 0 saturated heterocycles. The van der Waals surface area contributed by atoms with Crippen LogP contribution in [0.5, 0.6) is 11.5 Å². The number of aromatic nitrogens is 2. The number of benzene rings is 1. The Hall–Kier alpha value is -3.22. The summed E-state index contributed by atoms with van der Waals surface area (Å²) in [6.07, 6.45) is 3.03. The summed E-state index contributed by atoms with van der Waals surface area (Å²) in [4.78, 5) is 18.5. The monoisotopic (exact) mass is 282 g/mol. The van der Waals surface area contributed by atoms with Crippen LogP contribution in [0.2, 0.25) is 0 Å². The molecule has 0 saturated carbocycles. The third kappa shape index (κ3) is 2.44. The van der Waals surface area contributed by atoms with Crippen LogP contribution in [0.25, 0.3) is 10.9 Å². The molecular weight excluding hydrogens is 272 g/mol. The van der Waals surface area contributed by atoms with E-state index in [1.54, 1.807) is 30.3 Å². The SMILES string of the molecule is Nc1cc(Oc2ccc([N+](=O)[O-])c3ncccc23)ccn1. The predicted molar refractivity (Wildman–Crippen MR) is 77.1 cm³/mol. The minimum absolute atomic E-state index is 0.0628. The fourth-order valence-corrected chi connectivity index (χ4v) is 1.99. The van der Waals surface area contributed by atoms with Crippen LogP contribution in [0.4, 0.5) is 11.5 Å². The molecule has 0 spiro atoms. The van der Waals surface area contributed by atoms with Crippen LogP contribution in [0.1, 0.15) is 0 Å². The molecule has 0 atom stereocenters. The Morgan fingerprint density at radius 2 is 2.00 bits per heavy atom. The highest BCUT2D eigenvalue weighted by Gasteiger charge is 2.16. The molecule has 104 valence electrons. The third-order valence-electron chi connectivity index (χ3n) is 2.89. The summed E-state index contributed by atoms with van der Waals surface area (Å²) in [7, 11) is 0. The van der Waals surface area contributed by atoms with E-state index in [9.17, 15) is 10.1 Å². The highest BCUT2D eigenvalue weighted by atomic mass is 16.6. The highest BCUT2D eigenvalue weighted by molar-refractivity contribution is 5.92. The molecule has 2 heterocycles. The Kier molecular flexibility index (Phi) is 3.07. The molecule has 0 aliphatic heterocycles. The lowest BCUT2D eigenvalue weighted by molar-refractivity contribution is -0.383. The summed E-state index contributed by atoms with van der Waals surface area (Å²) in [5.41, 5.74) is 5.81. The molecule has 0 aliphatic carbocycles. The second-order valence-corrected chi connectivity index (χ2v) is 4.26. The minimum Gasteiger partial charge on any atom is -0.456 e. The van der Waals surface area contributed by atoms with Crippen molar-refractivity contribution in [2.45, 2.75) is 0 Å². The first-order chi connectivity index (χ1) is 10.1. The smallest absolute Gasteiger partial charge is 0.295 e. The van der Waals surface area contributed by atoms with Crippen molar-refractivity contribution in [3.8, 4) is 11.5 Å². The standard InChI is InChI=1S/C14H10N4O3/c15-13-8-9(5-7-16-13)21-12-4-3-11(18(19)20)14-10(12)2-1-6-17-14/h1-8H,(H2,15,16). The van der Waals surface area contributed by atoms with Gasteiger partial charge in [-0.05, 0) is 24.3 Å². The largest absolute Gasteiger partial charge is 0.456 e. The number of hydrogen-bond donors (Lipinski definition) is 1. The summed E-state index contributed by atoms with van der Waals surface area (Å²) in [6.45, 7) is 0. The highest BCUT2D eigenvalue weighted by Crippen LogP contribution is 2.34. The van der Waals surface area contributed by atoms with E-state index < -0.39 is 4.92 Å². The van der Waals surface area contributed by atoms with Gasteiger partial charge in [-0.25, -0.2) is 9.97 Å². The van der Waals surface area contributed by atoms with Gasteiger partial charge in [-0.3, -0.25) is 10.1 Å².